The number of alkyl halides is 3. The van der Waals surface area contributed by atoms with Gasteiger partial charge in [-0.05, 0) is 57.1 Å². The molecule has 9 heteroatoms. The Kier molecular flexibility index (Phi) is 6.24. The molecule has 3 rings (SSSR count). The summed E-state index contributed by atoms with van der Waals surface area (Å²) >= 11 is 0. The van der Waals surface area contributed by atoms with Crippen LogP contribution in [-0.4, -0.2) is 32.0 Å². The lowest BCUT2D eigenvalue weighted by atomic mass is 10.1. The number of anilines is 2. The summed E-state index contributed by atoms with van der Waals surface area (Å²) in [6, 6.07) is 4.00. The summed E-state index contributed by atoms with van der Waals surface area (Å²) in [6.07, 6.45) is -1.32. The molecular weight excluding hydrogens is 381 g/mol. The Morgan fingerprint density at radius 2 is 1.62 bits per heavy atom. The lowest BCUT2D eigenvalue weighted by molar-refractivity contribution is -0.141. The quantitative estimate of drug-likeness (QED) is 0.640. The molecule has 1 aliphatic rings. The number of aromatic nitrogens is 4. The van der Waals surface area contributed by atoms with E-state index in [1.165, 1.54) is 12.1 Å². The van der Waals surface area contributed by atoms with Gasteiger partial charge in [-0.1, -0.05) is 19.9 Å². The van der Waals surface area contributed by atoms with Crippen molar-refractivity contribution in [3.63, 3.8) is 0 Å². The average Bonchev–Trinajstić information content (AvgIpc) is 3.45. The van der Waals surface area contributed by atoms with Gasteiger partial charge < -0.3 is 10.6 Å². The molecule has 0 radical (unpaired) electrons. The van der Waals surface area contributed by atoms with Crippen LogP contribution in [0, 0.1) is 11.8 Å². The second kappa shape index (κ2) is 8.51. The van der Waals surface area contributed by atoms with E-state index in [1.807, 2.05) is 6.92 Å². The molecule has 2 unspecified atom stereocenters. The van der Waals surface area contributed by atoms with E-state index in [9.17, 15) is 13.2 Å². The first kappa shape index (κ1) is 21.3. The maximum atomic E-state index is 13.1. The van der Waals surface area contributed by atoms with Crippen molar-refractivity contribution < 1.29 is 13.2 Å². The molecule has 158 valence electrons. The van der Waals surface area contributed by atoms with Gasteiger partial charge in [0.15, 0.2) is 5.82 Å². The number of hydrogen-bond donors (Lipinski definition) is 2. The van der Waals surface area contributed by atoms with Crippen molar-refractivity contribution in [3.05, 3.63) is 23.9 Å². The van der Waals surface area contributed by atoms with E-state index in [-0.39, 0.29) is 23.6 Å². The van der Waals surface area contributed by atoms with E-state index in [4.69, 9.17) is 0 Å². The molecule has 2 atom stereocenters. The van der Waals surface area contributed by atoms with Gasteiger partial charge in [-0.25, -0.2) is 4.98 Å². The summed E-state index contributed by atoms with van der Waals surface area (Å²) in [7, 11) is 0. The van der Waals surface area contributed by atoms with Crippen LogP contribution in [0.3, 0.4) is 0 Å². The summed E-state index contributed by atoms with van der Waals surface area (Å²) in [5, 5.41) is 6.50. The predicted molar refractivity (Wildman–Crippen MR) is 106 cm³/mol. The highest BCUT2D eigenvalue weighted by Crippen LogP contribution is 2.34. The minimum absolute atomic E-state index is 0.0592. The molecule has 1 aliphatic carbocycles. The highest BCUT2D eigenvalue weighted by Gasteiger charge is 2.33. The lowest BCUT2D eigenvalue weighted by Crippen LogP contribution is -2.23. The normalized spacial score (nSPS) is 16.6. The Balaban J connectivity index is 1.93. The Bertz CT molecular complexity index is 835. The highest BCUT2D eigenvalue weighted by atomic mass is 19.4. The van der Waals surface area contributed by atoms with Crippen molar-refractivity contribution in [2.45, 2.75) is 65.2 Å². The molecule has 0 bridgehead atoms. The number of nitrogens with zero attached hydrogens (tertiary/aromatic N) is 4. The highest BCUT2D eigenvalue weighted by molar-refractivity contribution is 5.54. The van der Waals surface area contributed by atoms with Gasteiger partial charge in [0.05, 0.1) is 0 Å². The van der Waals surface area contributed by atoms with Gasteiger partial charge in [-0.3, -0.25) is 0 Å². The van der Waals surface area contributed by atoms with Crippen LogP contribution in [0.4, 0.5) is 25.1 Å². The van der Waals surface area contributed by atoms with E-state index in [0.29, 0.717) is 23.7 Å². The van der Waals surface area contributed by atoms with Crippen molar-refractivity contribution in [1.82, 2.24) is 19.9 Å². The number of pyridine rings is 1. The second-order valence-electron chi connectivity index (χ2n) is 8.16. The average molecular weight is 408 g/mol. The Morgan fingerprint density at radius 3 is 2.21 bits per heavy atom. The van der Waals surface area contributed by atoms with Crippen LogP contribution in [0.1, 0.15) is 52.7 Å². The smallest absolute Gasteiger partial charge is 0.352 e. The van der Waals surface area contributed by atoms with E-state index in [1.54, 1.807) is 0 Å². The van der Waals surface area contributed by atoms with Crippen molar-refractivity contribution in [2.75, 3.05) is 10.6 Å². The molecule has 0 saturated heterocycles. The minimum atomic E-state index is -4.53. The molecule has 2 aromatic rings. The standard InChI is InChI=1S/C20H27F3N6/c1-11(2)10-12(3)24-18-27-17(15-6-5-7-16(26-15)20(21,22)23)28-19(29-18)25-13(4)14-8-9-14/h5-7,11-14H,8-10H2,1-4H3,(H2,24,25,27,28,29). The fourth-order valence-corrected chi connectivity index (χ4v) is 3.24. The monoisotopic (exact) mass is 408 g/mol. The topological polar surface area (TPSA) is 75.6 Å². The molecule has 29 heavy (non-hydrogen) atoms. The number of halogens is 3. The molecular formula is C20H27F3N6. The van der Waals surface area contributed by atoms with E-state index in [2.05, 4.69) is 51.3 Å². The van der Waals surface area contributed by atoms with E-state index in [0.717, 1.165) is 25.3 Å². The van der Waals surface area contributed by atoms with Crippen LogP contribution >= 0.6 is 0 Å². The first-order valence-corrected chi connectivity index (χ1v) is 9.95. The summed E-state index contributed by atoms with van der Waals surface area (Å²) in [4.78, 5) is 16.8. The van der Waals surface area contributed by atoms with Gasteiger partial charge in [0.1, 0.15) is 11.4 Å². The van der Waals surface area contributed by atoms with Gasteiger partial charge in [-0.2, -0.15) is 28.1 Å². The fourth-order valence-electron chi connectivity index (χ4n) is 3.24. The first-order valence-electron chi connectivity index (χ1n) is 9.95. The first-order chi connectivity index (χ1) is 13.6. The molecule has 0 amide bonds. The molecule has 1 fully saturated rings. The van der Waals surface area contributed by atoms with Gasteiger partial charge in [0.2, 0.25) is 11.9 Å². The summed E-state index contributed by atoms with van der Waals surface area (Å²) < 4.78 is 39.2. The molecule has 2 N–H and O–H groups in total. The Morgan fingerprint density at radius 1 is 0.966 bits per heavy atom. The molecule has 2 aromatic heterocycles. The molecule has 2 heterocycles. The van der Waals surface area contributed by atoms with Crippen LogP contribution in [0.25, 0.3) is 11.5 Å². The lowest BCUT2D eigenvalue weighted by Gasteiger charge is -2.18. The van der Waals surface area contributed by atoms with Crippen LogP contribution in [0.5, 0.6) is 0 Å². The minimum Gasteiger partial charge on any atom is -0.352 e. The molecule has 0 aromatic carbocycles. The molecule has 0 spiro atoms. The Labute approximate surface area is 168 Å². The van der Waals surface area contributed by atoms with Crippen molar-refractivity contribution in [1.29, 1.82) is 0 Å². The van der Waals surface area contributed by atoms with Crippen molar-refractivity contribution in [3.8, 4) is 11.5 Å². The number of nitrogens with one attached hydrogen (secondary N) is 2. The van der Waals surface area contributed by atoms with Crippen molar-refractivity contribution >= 4 is 11.9 Å². The fraction of sp³-hybridized carbons (Fsp3) is 0.600. The van der Waals surface area contributed by atoms with E-state index < -0.39 is 11.9 Å². The largest absolute Gasteiger partial charge is 0.433 e. The predicted octanol–water partition coefficient (Wildman–Crippen LogP) is 5.01. The summed E-state index contributed by atoms with van der Waals surface area (Å²) in [5.74, 6) is 1.83. The van der Waals surface area contributed by atoms with Crippen LogP contribution in [-0.2, 0) is 6.18 Å². The molecule has 6 nitrogen and oxygen atoms in total. The SMILES string of the molecule is CC(C)CC(C)Nc1nc(NC(C)C2CC2)nc(-c2cccc(C(F)(F)F)n2)n1. The third kappa shape index (κ3) is 6.01. The van der Waals surface area contributed by atoms with E-state index >= 15 is 0 Å². The molecule has 1 saturated carbocycles. The second-order valence-corrected chi connectivity index (χ2v) is 8.16. The van der Waals surface area contributed by atoms with Gasteiger partial charge in [0.25, 0.3) is 0 Å². The third-order valence-electron chi connectivity index (χ3n) is 4.79. The maximum Gasteiger partial charge on any atom is 0.433 e. The summed E-state index contributed by atoms with van der Waals surface area (Å²) in [5.41, 5.74) is -0.914. The van der Waals surface area contributed by atoms with Crippen molar-refractivity contribution in [2.24, 2.45) is 11.8 Å². The van der Waals surface area contributed by atoms with Crippen LogP contribution in [0.2, 0.25) is 0 Å². The maximum absolute atomic E-state index is 13.1. The van der Waals surface area contributed by atoms with Gasteiger partial charge in [0, 0.05) is 12.1 Å². The number of hydrogen-bond acceptors (Lipinski definition) is 6. The number of rotatable bonds is 8. The van der Waals surface area contributed by atoms with Crippen LogP contribution in [0.15, 0.2) is 18.2 Å². The zero-order valence-corrected chi connectivity index (χ0v) is 17.1. The van der Waals surface area contributed by atoms with Gasteiger partial charge in [-0.15, -0.1) is 0 Å². The Hall–Kier alpha value is -2.45. The zero-order chi connectivity index (χ0) is 21.2. The van der Waals surface area contributed by atoms with Crippen LogP contribution < -0.4 is 10.6 Å². The third-order valence-corrected chi connectivity index (χ3v) is 4.79. The molecule has 0 aliphatic heterocycles. The van der Waals surface area contributed by atoms with Gasteiger partial charge >= 0.3 is 6.18 Å². The summed E-state index contributed by atoms with van der Waals surface area (Å²) in [6.45, 7) is 8.31. The zero-order valence-electron chi connectivity index (χ0n) is 17.1.